The van der Waals surface area contributed by atoms with E-state index in [9.17, 15) is 18.4 Å². The van der Waals surface area contributed by atoms with E-state index in [0.29, 0.717) is 11.3 Å². The van der Waals surface area contributed by atoms with E-state index in [1.54, 1.807) is 46.1 Å². The first-order valence-corrected chi connectivity index (χ1v) is 8.51. The molecule has 1 unspecified atom stereocenters. The Hall–Kier alpha value is -2.96. The molecule has 0 aliphatic rings. The van der Waals surface area contributed by atoms with E-state index < -0.39 is 23.7 Å². The number of carbonyl (C=O) groups excluding carboxylic acids is 2. The molecule has 0 aliphatic carbocycles. The second-order valence-corrected chi connectivity index (χ2v) is 6.63. The Bertz CT molecular complexity index is 833. The third-order valence-corrected chi connectivity index (χ3v) is 4.09. The Kier molecular flexibility index (Phi) is 6.50. The van der Waals surface area contributed by atoms with Crippen molar-refractivity contribution in [1.82, 2.24) is 10.2 Å². The summed E-state index contributed by atoms with van der Waals surface area (Å²) in [6.07, 6.45) is 0.0179. The van der Waals surface area contributed by atoms with Crippen LogP contribution in [0, 0.1) is 18.6 Å². The van der Waals surface area contributed by atoms with Crippen LogP contribution in [0.15, 0.2) is 36.4 Å². The highest BCUT2D eigenvalue weighted by atomic mass is 19.1. The minimum Gasteiger partial charge on any atom is -0.345 e. The minimum absolute atomic E-state index is 0.0179. The van der Waals surface area contributed by atoms with Crippen molar-refractivity contribution in [3.63, 3.8) is 0 Å². The van der Waals surface area contributed by atoms with Gasteiger partial charge < -0.3 is 15.5 Å². The van der Waals surface area contributed by atoms with Crippen LogP contribution in [0.25, 0.3) is 0 Å². The lowest BCUT2D eigenvalue weighted by atomic mass is 10.1. The number of halogens is 2. The van der Waals surface area contributed by atoms with Crippen LogP contribution in [-0.4, -0.2) is 37.0 Å². The van der Waals surface area contributed by atoms with Crippen LogP contribution in [0.2, 0.25) is 0 Å². The largest absolute Gasteiger partial charge is 0.345 e. The lowest BCUT2D eigenvalue weighted by Crippen LogP contribution is -2.37. The first kappa shape index (κ1) is 20.4. The quantitative estimate of drug-likeness (QED) is 0.837. The Balaban J connectivity index is 2.05. The van der Waals surface area contributed by atoms with E-state index in [4.69, 9.17) is 0 Å². The van der Waals surface area contributed by atoms with Crippen LogP contribution < -0.4 is 10.6 Å². The summed E-state index contributed by atoms with van der Waals surface area (Å²) >= 11 is 0. The maximum Gasteiger partial charge on any atom is 0.319 e. The van der Waals surface area contributed by atoms with Crippen molar-refractivity contribution in [1.29, 1.82) is 0 Å². The first-order chi connectivity index (χ1) is 12.7. The predicted octanol–water partition coefficient (Wildman–Crippen LogP) is 3.73. The van der Waals surface area contributed by atoms with Gasteiger partial charge in [-0.3, -0.25) is 4.79 Å². The maximum absolute atomic E-state index is 13.7. The Labute approximate surface area is 157 Å². The summed E-state index contributed by atoms with van der Waals surface area (Å²) in [6.45, 7) is 3.46. The molecule has 0 saturated carbocycles. The van der Waals surface area contributed by atoms with Crippen molar-refractivity contribution in [2.75, 3.05) is 19.4 Å². The molecule has 0 saturated heterocycles. The molecule has 1 atom stereocenters. The normalized spacial score (nSPS) is 11.6. The van der Waals surface area contributed by atoms with Gasteiger partial charge >= 0.3 is 6.03 Å². The maximum atomic E-state index is 13.7. The molecule has 7 heteroatoms. The van der Waals surface area contributed by atoms with Crippen LogP contribution >= 0.6 is 0 Å². The monoisotopic (exact) mass is 375 g/mol. The van der Waals surface area contributed by atoms with Crippen LogP contribution in [0.5, 0.6) is 0 Å². The molecule has 0 heterocycles. The van der Waals surface area contributed by atoms with E-state index in [0.717, 1.165) is 5.56 Å². The SMILES string of the molecule is Cc1ccc(C(=O)N(C)C)cc1NC(=O)NC(C)Cc1c(F)cccc1F. The van der Waals surface area contributed by atoms with Crippen LogP contribution in [0.1, 0.15) is 28.4 Å². The molecular weight excluding hydrogens is 352 g/mol. The number of hydrogen-bond donors (Lipinski definition) is 2. The highest BCUT2D eigenvalue weighted by Gasteiger charge is 2.16. The summed E-state index contributed by atoms with van der Waals surface area (Å²) in [7, 11) is 3.29. The fourth-order valence-corrected chi connectivity index (χ4v) is 2.61. The zero-order chi connectivity index (χ0) is 20.1. The molecule has 27 heavy (non-hydrogen) atoms. The summed E-state index contributed by atoms with van der Waals surface area (Å²) in [6, 6.07) is 7.67. The summed E-state index contributed by atoms with van der Waals surface area (Å²) in [5.41, 5.74) is 1.65. The van der Waals surface area contributed by atoms with Crippen LogP contribution in [0.3, 0.4) is 0 Å². The van der Waals surface area contributed by atoms with Crippen molar-refractivity contribution >= 4 is 17.6 Å². The van der Waals surface area contributed by atoms with E-state index in [-0.39, 0.29) is 17.9 Å². The fraction of sp³-hybridized carbons (Fsp3) is 0.300. The van der Waals surface area contributed by atoms with Crippen molar-refractivity contribution in [2.24, 2.45) is 0 Å². The summed E-state index contributed by atoms with van der Waals surface area (Å²) in [4.78, 5) is 25.8. The number of nitrogens with one attached hydrogen (secondary N) is 2. The minimum atomic E-state index is -0.644. The van der Waals surface area contributed by atoms with Gasteiger partial charge in [-0.2, -0.15) is 0 Å². The Morgan fingerprint density at radius 2 is 1.74 bits per heavy atom. The van der Waals surface area contributed by atoms with E-state index in [2.05, 4.69) is 10.6 Å². The molecule has 5 nitrogen and oxygen atoms in total. The van der Waals surface area contributed by atoms with Crippen molar-refractivity contribution in [3.05, 3.63) is 64.7 Å². The molecule has 2 aromatic carbocycles. The molecule has 2 rings (SSSR count). The molecular formula is C20H23F2N3O2. The molecule has 0 aliphatic heterocycles. The Morgan fingerprint density at radius 1 is 1.11 bits per heavy atom. The predicted molar refractivity (Wildman–Crippen MR) is 101 cm³/mol. The van der Waals surface area contributed by atoms with Crippen LogP contribution in [-0.2, 0) is 6.42 Å². The van der Waals surface area contributed by atoms with E-state index >= 15 is 0 Å². The number of hydrogen-bond acceptors (Lipinski definition) is 2. The summed E-state index contributed by atoms with van der Waals surface area (Å²) < 4.78 is 27.5. The number of anilines is 1. The highest BCUT2D eigenvalue weighted by Crippen LogP contribution is 2.18. The average molecular weight is 375 g/mol. The van der Waals surface area contributed by atoms with E-state index in [1.807, 2.05) is 0 Å². The molecule has 3 amide bonds. The molecule has 2 N–H and O–H groups in total. The third kappa shape index (κ3) is 5.26. The van der Waals surface area contributed by atoms with Gasteiger partial charge in [0.05, 0.1) is 0 Å². The van der Waals surface area contributed by atoms with Gasteiger partial charge in [0.1, 0.15) is 11.6 Å². The molecule has 0 bridgehead atoms. The number of nitrogens with zero attached hydrogens (tertiary/aromatic N) is 1. The topological polar surface area (TPSA) is 61.4 Å². The molecule has 0 fully saturated rings. The average Bonchev–Trinajstić information content (AvgIpc) is 2.59. The van der Waals surface area contributed by atoms with Gasteiger partial charge in [-0.25, -0.2) is 13.6 Å². The summed E-state index contributed by atoms with van der Waals surface area (Å²) in [5.74, 6) is -1.47. The van der Waals surface area contributed by atoms with Gasteiger partial charge in [0.2, 0.25) is 0 Å². The molecule has 0 radical (unpaired) electrons. The smallest absolute Gasteiger partial charge is 0.319 e. The van der Waals surface area contributed by atoms with Gasteiger partial charge in [-0.1, -0.05) is 12.1 Å². The van der Waals surface area contributed by atoms with Crippen molar-refractivity contribution in [2.45, 2.75) is 26.3 Å². The van der Waals surface area contributed by atoms with Gasteiger partial charge in [-0.15, -0.1) is 0 Å². The van der Waals surface area contributed by atoms with Gasteiger partial charge in [0.15, 0.2) is 0 Å². The second-order valence-electron chi connectivity index (χ2n) is 6.63. The standard InChI is InChI=1S/C20H23F2N3O2/c1-12-8-9-14(19(26)25(3)4)11-18(12)24-20(27)23-13(2)10-15-16(21)6-5-7-17(15)22/h5-9,11,13H,10H2,1-4H3,(H2,23,24,27). The zero-order valence-electron chi connectivity index (χ0n) is 15.8. The second kappa shape index (κ2) is 8.62. The number of rotatable bonds is 5. The molecule has 144 valence electrons. The van der Waals surface area contributed by atoms with Gasteiger partial charge in [0, 0.05) is 37.0 Å². The fourth-order valence-electron chi connectivity index (χ4n) is 2.61. The molecule has 0 aromatic heterocycles. The number of carbonyl (C=O) groups is 2. The number of aryl methyl sites for hydroxylation is 1. The third-order valence-electron chi connectivity index (χ3n) is 4.09. The number of urea groups is 1. The van der Waals surface area contributed by atoms with Crippen molar-refractivity contribution < 1.29 is 18.4 Å². The number of amides is 3. The highest BCUT2D eigenvalue weighted by molar-refractivity contribution is 5.97. The molecule has 0 spiro atoms. The number of benzene rings is 2. The zero-order valence-corrected chi connectivity index (χ0v) is 15.8. The lowest BCUT2D eigenvalue weighted by Gasteiger charge is -2.17. The first-order valence-electron chi connectivity index (χ1n) is 8.51. The van der Waals surface area contributed by atoms with Crippen molar-refractivity contribution in [3.8, 4) is 0 Å². The van der Waals surface area contributed by atoms with Gasteiger partial charge in [0.25, 0.3) is 5.91 Å². The summed E-state index contributed by atoms with van der Waals surface area (Å²) in [5, 5.41) is 5.33. The lowest BCUT2D eigenvalue weighted by molar-refractivity contribution is 0.0827. The van der Waals surface area contributed by atoms with Gasteiger partial charge in [-0.05, 0) is 50.1 Å². The van der Waals surface area contributed by atoms with Crippen LogP contribution in [0.4, 0.5) is 19.3 Å². The molecule has 2 aromatic rings. The van der Waals surface area contributed by atoms with E-state index in [1.165, 1.54) is 23.1 Å². The Morgan fingerprint density at radius 3 is 2.33 bits per heavy atom.